The van der Waals surface area contributed by atoms with Crippen molar-refractivity contribution in [3.8, 4) is 0 Å². The normalized spacial score (nSPS) is 18.9. The van der Waals surface area contributed by atoms with Crippen molar-refractivity contribution in [1.82, 2.24) is 9.88 Å². The first-order valence-electron chi connectivity index (χ1n) is 5.09. The molecule has 2 rings (SSSR count). The van der Waals surface area contributed by atoms with E-state index in [0.29, 0.717) is 19.4 Å². The Morgan fingerprint density at radius 3 is 2.94 bits per heavy atom. The molecule has 0 aliphatic carbocycles. The molecule has 0 saturated carbocycles. The fourth-order valence-electron chi connectivity index (χ4n) is 1.88. The molecule has 1 aromatic heterocycles. The quantitative estimate of drug-likeness (QED) is 0.879. The third-order valence-electron chi connectivity index (χ3n) is 2.69. The molecule has 92 valence electrons. The van der Waals surface area contributed by atoms with E-state index < -0.39 is 12.0 Å². The van der Waals surface area contributed by atoms with Crippen molar-refractivity contribution in [3.63, 3.8) is 0 Å². The first-order valence-corrected chi connectivity index (χ1v) is 5.09. The number of nitrogens with zero attached hydrogens (tertiary/aromatic N) is 2. The Kier molecular flexibility index (Phi) is 4.45. The molecule has 0 spiro atoms. The third kappa shape index (κ3) is 2.94. The van der Waals surface area contributed by atoms with E-state index in [0.717, 1.165) is 5.56 Å². The van der Waals surface area contributed by atoms with Crippen molar-refractivity contribution in [3.05, 3.63) is 30.1 Å². The lowest BCUT2D eigenvalue weighted by Gasteiger charge is -2.21. The predicted molar refractivity (Wildman–Crippen MR) is 62.7 cm³/mol. The van der Waals surface area contributed by atoms with Crippen LogP contribution in [0.5, 0.6) is 0 Å². The van der Waals surface area contributed by atoms with E-state index in [4.69, 9.17) is 5.11 Å². The second-order valence-corrected chi connectivity index (χ2v) is 3.78. The standard InChI is InChI=1S/C11H12N2O3.ClH/c14-10-4-3-9(11(15)16)13(10)7-8-2-1-5-12-6-8;/h1-2,5-6,9H,3-4,7H2,(H,15,16);1H/t9-;/m0./s1. The van der Waals surface area contributed by atoms with E-state index in [1.807, 2.05) is 6.07 Å². The number of halogens is 1. The highest BCUT2D eigenvalue weighted by Crippen LogP contribution is 2.21. The predicted octanol–water partition coefficient (Wildman–Crippen LogP) is 1.08. The molecule has 1 fully saturated rings. The Morgan fingerprint density at radius 2 is 2.35 bits per heavy atom. The number of aromatic nitrogens is 1. The van der Waals surface area contributed by atoms with Crippen LogP contribution in [0.4, 0.5) is 0 Å². The lowest BCUT2D eigenvalue weighted by Crippen LogP contribution is -2.37. The molecule has 0 aromatic carbocycles. The van der Waals surface area contributed by atoms with Gasteiger partial charge in [-0.1, -0.05) is 6.07 Å². The lowest BCUT2D eigenvalue weighted by molar-refractivity contribution is -0.146. The minimum Gasteiger partial charge on any atom is -0.480 e. The van der Waals surface area contributed by atoms with Gasteiger partial charge in [-0.3, -0.25) is 9.78 Å². The van der Waals surface area contributed by atoms with Crippen molar-refractivity contribution in [2.75, 3.05) is 0 Å². The Hall–Kier alpha value is -1.62. The topological polar surface area (TPSA) is 70.5 Å². The molecule has 1 aromatic rings. The van der Waals surface area contributed by atoms with Crippen LogP contribution in [0.1, 0.15) is 18.4 Å². The largest absolute Gasteiger partial charge is 0.480 e. The van der Waals surface area contributed by atoms with Gasteiger partial charge in [-0.25, -0.2) is 4.79 Å². The monoisotopic (exact) mass is 256 g/mol. The van der Waals surface area contributed by atoms with Crippen LogP contribution in [0.15, 0.2) is 24.5 Å². The van der Waals surface area contributed by atoms with Gasteiger partial charge in [-0.2, -0.15) is 0 Å². The fraction of sp³-hybridized carbons (Fsp3) is 0.364. The smallest absolute Gasteiger partial charge is 0.326 e. The number of hydrogen-bond donors (Lipinski definition) is 1. The van der Waals surface area contributed by atoms with E-state index in [-0.39, 0.29) is 18.3 Å². The Labute approximate surface area is 105 Å². The zero-order valence-electron chi connectivity index (χ0n) is 9.07. The number of carbonyl (C=O) groups is 2. The van der Waals surface area contributed by atoms with Crippen LogP contribution < -0.4 is 0 Å². The van der Waals surface area contributed by atoms with Gasteiger partial charge < -0.3 is 10.0 Å². The number of carbonyl (C=O) groups excluding carboxylic acids is 1. The van der Waals surface area contributed by atoms with Gasteiger partial charge in [0.15, 0.2) is 0 Å². The summed E-state index contributed by atoms with van der Waals surface area (Å²) >= 11 is 0. The minimum atomic E-state index is -0.935. The maximum absolute atomic E-state index is 11.5. The maximum Gasteiger partial charge on any atom is 0.326 e. The van der Waals surface area contributed by atoms with Gasteiger partial charge in [0.05, 0.1) is 0 Å². The number of amides is 1. The summed E-state index contributed by atoms with van der Waals surface area (Å²) in [6, 6.07) is 2.91. The van der Waals surface area contributed by atoms with Gasteiger partial charge in [-0.15, -0.1) is 12.4 Å². The fourth-order valence-corrected chi connectivity index (χ4v) is 1.88. The second-order valence-electron chi connectivity index (χ2n) is 3.78. The van der Waals surface area contributed by atoms with Crippen LogP contribution >= 0.6 is 12.4 Å². The van der Waals surface area contributed by atoms with Crippen molar-refractivity contribution >= 4 is 24.3 Å². The summed E-state index contributed by atoms with van der Waals surface area (Å²) < 4.78 is 0. The summed E-state index contributed by atoms with van der Waals surface area (Å²) in [4.78, 5) is 27.8. The van der Waals surface area contributed by atoms with E-state index in [9.17, 15) is 9.59 Å². The van der Waals surface area contributed by atoms with E-state index >= 15 is 0 Å². The molecule has 6 heteroatoms. The molecule has 1 aliphatic rings. The molecule has 0 unspecified atom stereocenters. The summed E-state index contributed by atoms with van der Waals surface area (Å²) in [7, 11) is 0. The Balaban J connectivity index is 0.00000144. The van der Waals surface area contributed by atoms with Crippen molar-refractivity contribution in [1.29, 1.82) is 0 Å². The van der Waals surface area contributed by atoms with Crippen LogP contribution in [0.25, 0.3) is 0 Å². The van der Waals surface area contributed by atoms with E-state index in [2.05, 4.69) is 4.98 Å². The zero-order valence-corrected chi connectivity index (χ0v) is 9.89. The molecule has 1 N–H and O–H groups in total. The number of pyridine rings is 1. The number of likely N-dealkylation sites (tertiary alicyclic amines) is 1. The van der Waals surface area contributed by atoms with Crippen LogP contribution in [0, 0.1) is 0 Å². The molecule has 1 aliphatic heterocycles. The molecule has 2 heterocycles. The molecule has 17 heavy (non-hydrogen) atoms. The van der Waals surface area contributed by atoms with E-state index in [1.54, 1.807) is 18.5 Å². The number of rotatable bonds is 3. The van der Waals surface area contributed by atoms with Crippen molar-refractivity contribution in [2.45, 2.75) is 25.4 Å². The highest BCUT2D eigenvalue weighted by molar-refractivity contribution is 5.87. The molecule has 1 saturated heterocycles. The van der Waals surface area contributed by atoms with Gasteiger partial charge in [0.1, 0.15) is 6.04 Å². The van der Waals surface area contributed by atoms with Gasteiger partial charge >= 0.3 is 5.97 Å². The van der Waals surface area contributed by atoms with Gasteiger partial charge in [-0.05, 0) is 18.1 Å². The van der Waals surface area contributed by atoms with Gasteiger partial charge in [0.2, 0.25) is 5.91 Å². The number of carboxylic acid groups (broad SMARTS) is 1. The summed E-state index contributed by atoms with van der Waals surface area (Å²) in [5.41, 5.74) is 0.851. The summed E-state index contributed by atoms with van der Waals surface area (Å²) in [5.74, 6) is -1.04. The first kappa shape index (κ1) is 13.4. The zero-order chi connectivity index (χ0) is 11.5. The minimum absolute atomic E-state index is 0. The van der Waals surface area contributed by atoms with Crippen LogP contribution in [-0.4, -0.2) is 32.9 Å². The second kappa shape index (κ2) is 5.63. The average molecular weight is 257 g/mol. The molecular weight excluding hydrogens is 244 g/mol. The average Bonchev–Trinajstić information content (AvgIpc) is 2.62. The summed E-state index contributed by atoms with van der Waals surface area (Å²) in [6.07, 6.45) is 4.00. The maximum atomic E-state index is 11.5. The highest BCUT2D eigenvalue weighted by Gasteiger charge is 2.35. The van der Waals surface area contributed by atoms with Gasteiger partial charge in [0, 0.05) is 25.4 Å². The molecule has 5 nitrogen and oxygen atoms in total. The SMILES string of the molecule is Cl.O=C(O)[C@@H]1CCC(=O)N1Cc1cccnc1. The van der Waals surface area contributed by atoms with Crippen molar-refractivity contribution in [2.24, 2.45) is 0 Å². The number of carboxylic acids is 1. The van der Waals surface area contributed by atoms with Gasteiger partial charge in [0.25, 0.3) is 0 Å². The van der Waals surface area contributed by atoms with Crippen molar-refractivity contribution < 1.29 is 14.7 Å². The third-order valence-corrected chi connectivity index (χ3v) is 2.69. The molecule has 0 bridgehead atoms. The Morgan fingerprint density at radius 1 is 1.59 bits per heavy atom. The summed E-state index contributed by atoms with van der Waals surface area (Å²) in [5, 5.41) is 8.97. The lowest BCUT2D eigenvalue weighted by atomic mass is 10.2. The molecular formula is C11H13ClN2O3. The van der Waals surface area contributed by atoms with Crippen LogP contribution in [-0.2, 0) is 16.1 Å². The van der Waals surface area contributed by atoms with E-state index in [1.165, 1.54) is 4.90 Å². The molecule has 1 atom stereocenters. The highest BCUT2D eigenvalue weighted by atomic mass is 35.5. The first-order chi connectivity index (χ1) is 7.68. The number of aliphatic carboxylic acids is 1. The molecule has 0 radical (unpaired) electrons. The van der Waals surface area contributed by atoms with Crippen LogP contribution in [0.3, 0.4) is 0 Å². The van der Waals surface area contributed by atoms with Crippen LogP contribution in [0.2, 0.25) is 0 Å². The molecule has 1 amide bonds. The Bertz CT molecular complexity index is 410. The number of hydrogen-bond acceptors (Lipinski definition) is 3. The summed E-state index contributed by atoms with van der Waals surface area (Å²) in [6.45, 7) is 0.323.